The highest BCUT2D eigenvalue weighted by Gasteiger charge is 2.17. The van der Waals surface area contributed by atoms with Crippen molar-refractivity contribution in [2.24, 2.45) is 5.92 Å². The van der Waals surface area contributed by atoms with Crippen LogP contribution in [-0.2, 0) is 13.0 Å². The summed E-state index contributed by atoms with van der Waals surface area (Å²) < 4.78 is 0. The molecule has 0 aliphatic carbocycles. The van der Waals surface area contributed by atoms with E-state index in [0.29, 0.717) is 42.6 Å². The summed E-state index contributed by atoms with van der Waals surface area (Å²) in [6.45, 7) is 10.6. The molecule has 3 rings (SSSR count). The van der Waals surface area contributed by atoms with Gasteiger partial charge in [-0.25, -0.2) is 4.98 Å². The first-order valence-electron chi connectivity index (χ1n) is 10.8. The first-order chi connectivity index (χ1) is 14.3. The number of benzene rings is 1. The molecule has 0 fully saturated rings. The molecule has 2 heterocycles. The number of fused-ring (bicyclic) bond motifs is 1. The minimum Gasteiger partial charge on any atom is -0.391 e. The van der Waals surface area contributed by atoms with Crippen LogP contribution in [0.25, 0.3) is 10.2 Å². The minimum atomic E-state index is -0.468. The van der Waals surface area contributed by atoms with E-state index in [1.54, 1.807) is 11.3 Å². The Morgan fingerprint density at radius 2 is 1.90 bits per heavy atom. The summed E-state index contributed by atoms with van der Waals surface area (Å²) in [5.41, 5.74) is 1.05. The van der Waals surface area contributed by atoms with Gasteiger partial charge >= 0.3 is 0 Å². The molecule has 0 saturated carbocycles. The van der Waals surface area contributed by atoms with Crippen molar-refractivity contribution in [2.45, 2.75) is 59.1 Å². The zero-order valence-electron chi connectivity index (χ0n) is 18.4. The number of aliphatic hydroxyl groups excluding tert-OH is 1. The number of nitrogens with one attached hydrogen (secondary N) is 1. The Labute approximate surface area is 182 Å². The normalized spacial score (nSPS) is 13.1. The zero-order chi connectivity index (χ0) is 21.7. The van der Waals surface area contributed by atoms with Gasteiger partial charge in [-0.2, -0.15) is 0 Å². The van der Waals surface area contributed by atoms with E-state index in [0.717, 1.165) is 23.4 Å². The number of rotatable bonds is 10. The minimum absolute atomic E-state index is 0.0770. The Kier molecular flexibility index (Phi) is 7.81. The summed E-state index contributed by atoms with van der Waals surface area (Å²) in [6.07, 6.45) is 1.18. The molecular weight excluding hydrogens is 394 g/mol. The van der Waals surface area contributed by atoms with Gasteiger partial charge in [-0.3, -0.25) is 9.69 Å². The molecule has 0 spiro atoms. The second-order valence-corrected chi connectivity index (χ2v) is 9.86. The fraction of sp³-hybridized carbons (Fsp3) is 0.500. The summed E-state index contributed by atoms with van der Waals surface area (Å²) in [5, 5.41) is 11.3. The molecule has 0 radical (unpaired) electrons. The van der Waals surface area contributed by atoms with Crippen LogP contribution in [0, 0.1) is 5.92 Å². The van der Waals surface area contributed by atoms with Gasteiger partial charge in [0.25, 0.3) is 5.56 Å². The van der Waals surface area contributed by atoms with Crippen molar-refractivity contribution in [1.82, 2.24) is 14.9 Å². The molecule has 1 atom stereocenters. The van der Waals surface area contributed by atoms with Crippen LogP contribution in [0.1, 0.15) is 56.3 Å². The van der Waals surface area contributed by atoms with Gasteiger partial charge in [-0.15, -0.1) is 11.3 Å². The molecule has 0 aliphatic heterocycles. The largest absolute Gasteiger partial charge is 0.391 e. The summed E-state index contributed by atoms with van der Waals surface area (Å²) in [4.78, 5) is 24.5. The summed E-state index contributed by atoms with van der Waals surface area (Å²) in [6, 6.07) is 12.0. The molecule has 2 N–H and O–H groups in total. The lowest BCUT2D eigenvalue weighted by Gasteiger charge is -2.25. The summed E-state index contributed by atoms with van der Waals surface area (Å²) in [5.74, 6) is 1.61. The monoisotopic (exact) mass is 427 g/mol. The molecule has 30 heavy (non-hydrogen) atoms. The first-order valence-corrected chi connectivity index (χ1v) is 11.6. The highest BCUT2D eigenvalue weighted by atomic mass is 32.1. The molecule has 0 bridgehead atoms. The van der Waals surface area contributed by atoms with Crippen molar-refractivity contribution in [2.75, 3.05) is 13.1 Å². The average molecular weight is 428 g/mol. The van der Waals surface area contributed by atoms with E-state index in [-0.39, 0.29) is 5.56 Å². The van der Waals surface area contributed by atoms with Crippen molar-refractivity contribution in [3.63, 3.8) is 0 Å². The number of nitrogens with zero attached hydrogens (tertiary/aromatic N) is 2. The fourth-order valence-electron chi connectivity index (χ4n) is 3.49. The summed E-state index contributed by atoms with van der Waals surface area (Å²) in [7, 11) is 0. The van der Waals surface area contributed by atoms with E-state index in [1.165, 1.54) is 4.88 Å². The Bertz CT molecular complexity index is 995. The number of hydrogen-bond acceptors (Lipinski definition) is 5. The van der Waals surface area contributed by atoms with Gasteiger partial charge in [-0.1, -0.05) is 58.0 Å². The van der Waals surface area contributed by atoms with Gasteiger partial charge in [0.2, 0.25) is 0 Å². The highest BCUT2D eigenvalue weighted by Crippen LogP contribution is 2.27. The lowest BCUT2D eigenvalue weighted by atomic mass is 10.1. The van der Waals surface area contributed by atoms with Crippen LogP contribution in [0.5, 0.6) is 0 Å². The predicted octanol–water partition coefficient (Wildman–Crippen LogP) is 4.56. The van der Waals surface area contributed by atoms with Gasteiger partial charge in [0, 0.05) is 11.4 Å². The van der Waals surface area contributed by atoms with Crippen LogP contribution in [0.4, 0.5) is 0 Å². The number of thiophene rings is 1. The average Bonchev–Trinajstić information content (AvgIpc) is 3.12. The molecule has 2 aromatic heterocycles. The van der Waals surface area contributed by atoms with Crippen molar-refractivity contribution < 1.29 is 5.11 Å². The molecule has 6 heteroatoms. The molecule has 0 saturated heterocycles. The maximum absolute atomic E-state index is 12.6. The fourth-order valence-corrected chi connectivity index (χ4v) is 4.54. The molecule has 5 nitrogen and oxygen atoms in total. The molecule has 1 unspecified atom stereocenters. The smallest absolute Gasteiger partial charge is 0.259 e. The summed E-state index contributed by atoms with van der Waals surface area (Å²) >= 11 is 1.60. The van der Waals surface area contributed by atoms with Gasteiger partial charge in [0.15, 0.2) is 0 Å². The lowest BCUT2D eigenvalue weighted by Crippen LogP contribution is -2.35. The topological polar surface area (TPSA) is 69.2 Å². The van der Waals surface area contributed by atoms with Gasteiger partial charge in [-0.05, 0) is 42.9 Å². The van der Waals surface area contributed by atoms with Crippen LogP contribution in [0.15, 0.2) is 41.2 Å². The van der Waals surface area contributed by atoms with Gasteiger partial charge in [0.05, 0.1) is 18.0 Å². The molecule has 0 amide bonds. The third-order valence-electron chi connectivity index (χ3n) is 5.22. The Hall–Kier alpha value is -2.02. The molecule has 3 aromatic rings. The Balaban J connectivity index is 1.75. The van der Waals surface area contributed by atoms with Crippen molar-refractivity contribution in [1.29, 1.82) is 0 Å². The van der Waals surface area contributed by atoms with Crippen molar-refractivity contribution in [3.05, 3.63) is 63.0 Å². The molecule has 162 valence electrons. The first kappa shape index (κ1) is 22.7. The number of aliphatic hydroxyl groups is 1. The quantitative estimate of drug-likeness (QED) is 0.498. The van der Waals surface area contributed by atoms with Gasteiger partial charge in [0.1, 0.15) is 10.7 Å². The Morgan fingerprint density at radius 3 is 2.57 bits per heavy atom. The Morgan fingerprint density at radius 1 is 1.17 bits per heavy atom. The van der Waals surface area contributed by atoms with E-state index < -0.39 is 6.10 Å². The highest BCUT2D eigenvalue weighted by molar-refractivity contribution is 7.18. The second kappa shape index (κ2) is 10.3. The predicted molar refractivity (Wildman–Crippen MR) is 125 cm³/mol. The number of hydrogen-bond donors (Lipinski definition) is 2. The maximum Gasteiger partial charge on any atom is 0.259 e. The third-order valence-corrected chi connectivity index (χ3v) is 6.55. The number of aromatic amines is 1. The van der Waals surface area contributed by atoms with E-state index in [9.17, 15) is 9.90 Å². The van der Waals surface area contributed by atoms with Crippen LogP contribution in [0.3, 0.4) is 0 Å². The maximum atomic E-state index is 12.6. The van der Waals surface area contributed by atoms with Gasteiger partial charge < -0.3 is 10.1 Å². The van der Waals surface area contributed by atoms with E-state index >= 15 is 0 Å². The van der Waals surface area contributed by atoms with Crippen LogP contribution >= 0.6 is 11.3 Å². The van der Waals surface area contributed by atoms with E-state index in [4.69, 9.17) is 4.98 Å². The number of H-pyrrole nitrogens is 1. The molecule has 1 aromatic carbocycles. The standard InChI is InChI=1S/C24H33N3O2S/c1-16(2)10-11-27(14-19(28)12-18-8-6-5-7-9-18)15-22-25-23(29)20-13-21(17(3)4)30-24(20)26-22/h5-9,13,16-17,19,28H,10-12,14-15H2,1-4H3,(H,25,26,29). The van der Waals surface area contributed by atoms with E-state index in [1.807, 2.05) is 36.4 Å². The molecular formula is C24H33N3O2S. The number of aromatic nitrogens is 2. The lowest BCUT2D eigenvalue weighted by molar-refractivity contribution is 0.104. The van der Waals surface area contributed by atoms with Crippen LogP contribution in [-0.4, -0.2) is 39.2 Å². The SMILES string of the molecule is CC(C)CCN(Cc1nc2sc(C(C)C)cc2c(=O)[nH]1)CC(O)Cc1ccccc1. The van der Waals surface area contributed by atoms with Crippen molar-refractivity contribution in [3.8, 4) is 0 Å². The second-order valence-electron chi connectivity index (χ2n) is 8.80. The van der Waals surface area contributed by atoms with Crippen molar-refractivity contribution >= 4 is 21.6 Å². The van der Waals surface area contributed by atoms with Crippen LogP contribution < -0.4 is 5.56 Å². The van der Waals surface area contributed by atoms with E-state index in [2.05, 4.69) is 37.6 Å². The zero-order valence-corrected chi connectivity index (χ0v) is 19.2. The third kappa shape index (κ3) is 6.24. The molecule has 0 aliphatic rings. The van der Waals surface area contributed by atoms with Crippen LogP contribution in [0.2, 0.25) is 0 Å².